The third kappa shape index (κ3) is 4.84. The van der Waals surface area contributed by atoms with E-state index in [1.54, 1.807) is 36.4 Å². The van der Waals surface area contributed by atoms with Crippen LogP contribution in [0.15, 0.2) is 82.1 Å². The highest BCUT2D eigenvalue weighted by Gasteiger charge is 2.21. The Labute approximate surface area is 195 Å². The van der Waals surface area contributed by atoms with Crippen LogP contribution in [0.2, 0.25) is 0 Å². The van der Waals surface area contributed by atoms with Gasteiger partial charge in [-0.05, 0) is 48.5 Å². The van der Waals surface area contributed by atoms with Gasteiger partial charge in [-0.25, -0.2) is 8.42 Å². The van der Waals surface area contributed by atoms with E-state index in [1.807, 2.05) is 0 Å². The molecule has 0 aliphatic carbocycles. The maximum Gasteiger partial charge on any atom is 0.322 e. The number of amides is 1. The van der Waals surface area contributed by atoms with Gasteiger partial charge in [0.05, 0.1) is 35.9 Å². The third-order valence-electron chi connectivity index (χ3n) is 4.77. The summed E-state index contributed by atoms with van der Waals surface area (Å²) < 4.78 is 44.0. The summed E-state index contributed by atoms with van der Waals surface area (Å²) in [4.78, 5) is 12.9. The van der Waals surface area contributed by atoms with Gasteiger partial charge in [0, 0.05) is 0 Å². The Kier molecular flexibility index (Phi) is 6.46. The van der Waals surface area contributed by atoms with Crippen LogP contribution in [-0.4, -0.2) is 38.7 Å². The van der Waals surface area contributed by atoms with Gasteiger partial charge in [-0.1, -0.05) is 29.4 Å². The minimum atomic E-state index is -3.96. The van der Waals surface area contributed by atoms with E-state index in [2.05, 4.69) is 20.2 Å². The zero-order chi connectivity index (χ0) is 24.1. The molecule has 10 nitrogen and oxygen atoms in total. The van der Waals surface area contributed by atoms with Crippen LogP contribution in [0.5, 0.6) is 11.5 Å². The van der Waals surface area contributed by atoms with Crippen molar-refractivity contribution in [3.05, 3.63) is 78.4 Å². The molecule has 0 bridgehead atoms. The summed E-state index contributed by atoms with van der Waals surface area (Å²) in [7, 11) is -0.957. The number of carbonyl (C=O) groups excluding carboxylic acids is 1. The molecule has 0 saturated carbocycles. The van der Waals surface area contributed by atoms with Gasteiger partial charge >= 0.3 is 6.01 Å². The SMILES string of the molecule is COc1ccc(S(=O)(=O)Nc2ccccc2C(=O)Nc2nnc(-c3ccccc3OC)o2)cc1. The monoisotopic (exact) mass is 480 g/mol. The minimum Gasteiger partial charge on any atom is -0.497 e. The number of benzene rings is 3. The number of nitrogens with one attached hydrogen (secondary N) is 2. The van der Waals surface area contributed by atoms with E-state index in [1.165, 1.54) is 50.6 Å². The number of methoxy groups -OCH3 is 2. The lowest BCUT2D eigenvalue weighted by molar-refractivity contribution is 0.102. The summed E-state index contributed by atoms with van der Waals surface area (Å²) in [5, 5.41) is 10.3. The molecular formula is C23H20N4O6S. The van der Waals surface area contributed by atoms with Gasteiger partial charge in [0.25, 0.3) is 21.8 Å². The second-order valence-corrected chi connectivity index (χ2v) is 8.58. The van der Waals surface area contributed by atoms with Gasteiger partial charge in [-0.3, -0.25) is 14.8 Å². The van der Waals surface area contributed by atoms with Crippen molar-refractivity contribution in [2.75, 3.05) is 24.3 Å². The van der Waals surface area contributed by atoms with E-state index in [-0.39, 0.29) is 28.1 Å². The van der Waals surface area contributed by atoms with Gasteiger partial charge in [0.1, 0.15) is 11.5 Å². The number of carbonyl (C=O) groups is 1. The van der Waals surface area contributed by atoms with Crippen LogP contribution in [-0.2, 0) is 10.0 Å². The Morgan fingerprint density at radius 3 is 2.32 bits per heavy atom. The quantitative estimate of drug-likeness (QED) is 0.389. The Morgan fingerprint density at radius 2 is 1.59 bits per heavy atom. The van der Waals surface area contributed by atoms with E-state index in [0.717, 1.165) is 0 Å². The molecule has 0 saturated heterocycles. The fourth-order valence-corrected chi connectivity index (χ4v) is 4.18. The molecule has 1 amide bonds. The summed E-state index contributed by atoms with van der Waals surface area (Å²) in [5.41, 5.74) is 0.711. The molecule has 4 aromatic rings. The number of aromatic nitrogens is 2. The lowest BCUT2D eigenvalue weighted by atomic mass is 10.2. The predicted octanol–water partition coefficient (Wildman–Crippen LogP) is 3.81. The van der Waals surface area contributed by atoms with E-state index in [4.69, 9.17) is 13.9 Å². The first-order chi connectivity index (χ1) is 16.4. The van der Waals surface area contributed by atoms with Crippen LogP contribution in [0.3, 0.4) is 0 Å². The van der Waals surface area contributed by atoms with Crippen LogP contribution in [0.25, 0.3) is 11.5 Å². The largest absolute Gasteiger partial charge is 0.497 e. The highest BCUT2D eigenvalue weighted by Crippen LogP contribution is 2.29. The first-order valence-corrected chi connectivity index (χ1v) is 11.4. The lowest BCUT2D eigenvalue weighted by Crippen LogP contribution is -2.18. The fraction of sp³-hybridized carbons (Fsp3) is 0.0870. The van der Waals surface area contributed by atoms with Crippen molar-refractivity contribution in [2.45, 2.75) is 4.90 Å². The van der Waals surface area contributed by atoms with Crippen LogP contribution in [0.4, 0.5) is 11.7 Å². The summed E-state index contributed by atoms with van der Waals surface area (Å²) in [5.74, 6) is 0.567. The zero-order valence-corrected chi connectivity index (χ0v) is 19.0. The second kappa shape index (κ2) is 9.63. The Hall–Kier alpha value is -4.38. The van der Waals surface area contributed by atoms with Crippen molar-refractivity contribution in [1.29, 1.82) is 0 Å². The van der Waals surface area contributed by atoms with Crippen molar-refractivity contribution in [2.24, 2.45) is 0 Å². The van der Waals surface area contributed by atoms with Gasteiger partial charge < -0.3 is 13.9 Å². The van der Waals surface area contributed by atoms with E-state index >= 15 is 0 Å². The zero-order valence-electron chi connectivity index (χ0n) is 18.2. The number of ether oxygens (including phenoxy) is 2. The topological polar surface area (TPSA) is 133 Å². The van der Waals surface area contributed by atoms with Gasteiger partial charge in [0.15, 0.2) is 0 Å². The molecule has 11 heteroatoms. The molecule has 34 heavy (non-hydrogen) atoms. The third-order valence-corrected chi connectivity index (χ3v) is 6.15. The number of rotatable bonds is 8. The number of nitrogens with zero attached hydrogens (tertiary/aromatic N) is 2. The Morgan fingerprint density at radius 1 is 0.882 bits per heavy atom. The minimum absolute atomic E-state index is 0.0156. The molecule has 3 aromatic carbocycles. The van der Waals surface area contributed by atoms with Crippen molar-refractivity contribution >= 4 is 27.6 Å². The highest BCUT2D eigenvalue weighted by atomic mass is 32.2. The molecule has 2 N–H and O–H groups in total. The van der Waals surface area contributed by atoms with Crippen LogP contribution in [0.1, 0.15) is 10.4 Å². The molecule has 174 valence electrons. The number of hydrogen-bond donors (Lipinski definition) is 2. The standard InChI is InChI=1S/C23H20N4O6S/c1-31-15-11-13-16(14-12-15)34(29,30)27-19-9-5-3-7-17(19)21(28)24-23-26-25-22(33-23)18-8-4-6-10-20(18)32-2/h3-14,27H,1-2H3,(H,24,26,28). The summed E-state index contributed by atoms with van der Waals surface area (Å²) >= 11 is 0. The summed E-state index contributed by atoms with van der Waals surface area (Å²) in [6, 6.07) is 18.9. The van der Waals surface area contributed by atoms with Crippen LogP contribution in [0, 0.1) is 0 Å². The normalized spacial score (nSPS) is 11.0. The average Bonchev–Trinajstić information content (AvgIpc) is 3.32. The average molecular weight is 481 g/mol. The van der Waals surface area contributed by atoms with E-state index in [0.29, 0.717) is 17.1 Å². The molecule has 1 aromatic heterocycles. The lowest BCUT2D eigenvalue weighted by Gasteiger charge is -2.12. The van der Waals surface area contributed by atoms with E-state index in [9.17, 15) is 13.2 Å². The van der Waals surface area contributed by atoms with Crippen molar-refractivity contribution in [3.63, 3.8) is 0 Å². The first-order valence-electron chi connectivity index (χ1n) is 9.95. The first kappa shape index (κ1) is 22.8. The molecule has 0 spiro atoms. The molecule has 0 fully saturated rings. The van der Waals surface area contributed by atoms with E-state index < -0.39 is 15.9 Å². The van der Waals surface area contributed by atoms with Crippen LogP contribution >= 0.6 is 0 Å². The summed E-state index contributed by atoms with van der Waals surface area (Å²) in [6.07, 6.45) is 0. The molecular weight excluding hydrogens is 460 g/mol. The van der Waals surface area contributed by atoms with Crippen molar-refractivity contribution in [3.8, 4) is 23.0 Å². The Balaban J connectivity index is 1.55. The van der Waals surface area contributed by atoms with Crippen molar-refractivity contribution in [1.82, 2.24) is 10.2 Å². The maximum atomic E-state index is 12.9. The molecule has 0 aliphatic heterocycles. The molecule has 0 aliphatic rings. The number of anilines is 2. The molecule has 1 heterocycles. The van der Waals surface area contributed by atoms with Gasteiger partial charge in [0.2, 0.25) is 0 Å². The van der Waals surface area contributed by atoms with Crippen LogP contribution < -0.4 is 19.5 Å². The Bertz CT molecular complexity index is 1420. The molecule has 0 atom stereocenters. The predicted molar refractivity (Wildman–Crippen MR) is 124 cm³/mol. The second-order valence-electron chi connectivity index (χ2n) is 6.89. The fourth-order valence-electron chi connectivity index (χ4n) is 3.10. The number of para-hydroxylation sites is 2. The molecule has 4 rings (SSSR count). The number of hydrogen-bond acceptors (Lipinski definition) is 8. The highest BCUT2D eigenvalue weighted by molar-refractivity contribution is 7.92. The summed E-state index contributed by atoms with van der Waals surface area (Å²) in [6.45, 7) is 0. The molecule has 0 unspecified atom stereocenters. The number of sulfonamides is 1. The molecule has 0 radical (unpaired) electrons. The maximum absolute atomic E-state index is 12.9. The van der Waals surface area contributed by atoms with Gasteiger partial charge in [-0.2, -0.15) is 0 Å². The van der Waals surface area contributed by atoms with Crippen molar-refractivity contribution < 1.29 is 27.1 Å². The van der Waals surface area contributed by atoms with Gasteiger partial charge in [-0.15, -0.1) is 5.10 Å². The smallest absolute Gasteiger partial charge is 0.322 e.